The standard InChI is InChI=1S/C32H39NO2/c1-21(28-14-13-27(34)18-23(28)15-22-11-9-8-10-12-22)29-20-35-30(33-29)24-16-25(31(2,3)4)19-26(17-24)32(5,6)7/h8-14,16-19,21,29,34H,15,20H2,1-7H3. The number of benzene rings is 3. The molecule has 3 nitrogen and oxygen atoms in total. The first kappa shape index (κ1) is 25.0. The summed E-state index contributed by atoms with van der Waals surface area (Å²) < 4.78 is 6.21. The number of aliphatic imine (C=N–C) groups is 1. The van der Waals surface area contributed by atoms with Crippen LogP contribution in [0.15, 0.2) is 71.7 Å². The van der Waals surface area contributed by atoms with Crippen molar-refractivity contribution in [1.82, 2.24) is 0 Å². The van der Waals surface area contributed by atoms with Crippen LogP contribution in [-0.4, -0.2) is 23.7 Å². The van der Waals surface area contributed by atoms with Crippen molar-refractivity contribution in [1.29, 1.82) is 0 Å². The minimum Gasteiger partial charge on any atom is -0.508 e. The van der Waals surface area contributed by atoms with Crippen LogP contribution in [0.5, 0.6) is 5.75 Å². The fourth-order valence-electron chi connectivity index (χ4n) is 4.63. The van der Waals surface area contributed by atoms with Crippen molar-refractivity contribution >= 4 is 5.90 Å². The summed E-state index contributed by atoms with van der Waals surface area (Å²) in [6.07, 6.45) is 0.779. The molecule has 1 N–H and O–H groups in total. The lowest BCUT2D eigenvalue weighted by molar-refractivity contribution is 0.305. The molecule has 0 aromatic heterocycles. The summed E-state index contributed by atoms with van der Waals surface area (Å²) in [5, 5.41) is 10.2. The highest BCUT2D eigenvalue weighted by Gasteiger charge is 2.29. The molecule has 0 radical (unpaired) electrons. The second-order valence-corrected chi connectivity index (χ2v) is 11.9. The van der Waals surface area contributed by atoms with E-state index in [1.54, 1.807) is 6.07 Å². The fraction of sp³-hybridized carbons (Fsp3) is 0.406. The lowest BCUT2D eigenvalue weighted by Gasteiger charge is -2.26. The lowest BCUT2D eigenvalue weighted by Crippen LogP contribution is -2.18. The Labute approximate surface area is 210 Å². The van der Waals surface area contributed by atoms with E-state index in [1.807, 2.05) is 18.2 Å². The van der Waals surface area contributed by atoms with Crippen LogP contribution < -0.4 is 0 Å². The second kappa shape index (κ2) is 9.53. The highest BCUT2D eigenvalue weighted by atomic mass is 16.5. The molecule has 0 bridgehead atoms. The van der Waals surface area contributed by atoms with Crippen LogP contribution in [0.4, 0.5) is 0 Å². The molecule has 0 amide bonds. The van der Waals surface area contributed by atoms with Gasteiger partial charge in [-0.25, -0.2) is 4.99 Å². The minimum absolute atomic E-state index is 0.0282. The van der Waals surface area contributed by atoms with Crippen molar-refractivity contribution in [2.45, 2.75) is 77.7 Å². The Hall–Kier alpha value is -3.07. The Morgan fingerprint density at radius 2 is 1.51 bits per heavy atom. The molecule has 1 heterocycles. The first-order chi connectivity index (χ1) is 16.4. The Bertz CT molecular complexity index is 1180. The van der Waals surface area contributed by atoms with Crippen LogP contribution in [-0.2, 0) is 22.0 Å². The van der Waals surface area contributed by atoms with E-state index < -0.39 is 0 Å². The molecule has 0 spiro atoms. The molecule has 3 heteroatoms. The summed E-state index contributed by atoms with van der Waals surface area (Å²) in [4.78, 5) is 5.08. The normalized spacial score (nSPS) is 17.1. The van der Waals surface area contributed by atoms with Gasteiger partial charge in [0.1, 0.15) is 12.4 Å². The number of aromatic hydroxyl groups is 1. The molecule has 2 unspecified atom stereocenters. The smallest absolute Gasteiger partial charge is 0.216 e. The molecule has 0 saturated carbocycles. The summed E-state index contributed by atoms with van der Waals surface area (Å²) >= 11 is 0. The third-order valence-corrected chi connectivity index (χ3v) is 7.02. The van der Waals surface area contributed by atoms with Crippen molar-refractivity contribution in [3.8, 4) is 5.75 Å². The highest BCUT2D eigenvalue weighted by Crippen LogP contribution is 2.34. The van der Waals surface area contributed by atoms with Gasteiger partial charge in [-0.05, 0) is 69.3 Å². The molecule has 35 heavy (non-hydrogen) atoms. The van der Waals surface area contributed by atoms with E-state index in [0.29, 0.717) is 12.4 Å². The number of hydrogen-bond donors (Lipinski definition) is 1. The largest absolute Gasteiger partial charge is 0.508 e. The van der Waals surface area contributed by atoms with Gasteiger partial charge in [-0.1, -0.05) is 90.9 Å². The van der Waals surface area contributed by atoms with Gasteiger partial charge in [0, 0.05) is 11.5 Å². The van der Waals surface area contributed by atoms with Crippen molar-refractivity contribution in [3.05, 3.63) is 100 Å². The van der Waals surface area contributed by atoms with Crippen LogP contribution in [0.3, 0.4) is 0 Å². The van der Waals surface area contributed by atoms with Gasteiger partial charge in [-0.3, -0.25) is 0 Å². The van der Waals surface area contributed by atoms with Crippen molar-refractivity contribution in [2.24, 2.45) is 4.99 Å². The first-order valence-corrected chi connectivity index (χ1v) is 12.6. The molecular weight excluding hydrogens is 430 g/mol. The highest BCUT2D eigenvalue weighted by molar-refractivity contribution is 5.95. The van der Waals surface area contributed by atoms with Crippen LogP contribution in [0.25, 0.3) is 0 Å². The van der Waals surface area contributed by atoms with Crippen LogP contribution >= 0.6 is 0 Å². The molecule has 3 aromatic carbocycles. The minimum atomic E-state index is 0.0282. The molecule has 0 aliphatic carbocycles. The molecule has 4 rings (SSSR count). The van der Waals surface area contributed by atoms with Gasteiger partial charge in [-0.15, -0.1) is 0 Å². The van der Waals surface area contributed by atoms with Gasteiger partial charge in [0.2, 0.25) is 5.90 Å². The average Bonchev–Trinajstić information content (AvgIpc) is 3.28. The maximum Gasteiger partial charge on any atom is 0.216 e. The summed E-state index contributed by atoms with van der Waals surface area (Å²) in [5.41, 5.74) is 7.32. The van der Waals surface area contributed by atoms with Gasteiger partial charge >= 0.3 is 0 Å². The lowest BCUT2D eigenvalue weighted by atomic mass is 9.79. The van der Waals surface area contributed by atoms with E-state index in [4.69, 9.17) is 9.73 Å². The molecule has 1 aliphatic heterocycles. The van der Waals surface area contributed by atoms with E-state index in [1.165, 1.54) is 22.3 Å². The summed E-state index contributed by atoms with van der Waals surface area (Å²) in [7, 11) is 0. The van der Waals surface area contributed by atoms with Crippen LogP contribution in [0.2, 0.25) is 0 Å². The van der Waals surface area contributed by atoms with E-state index in [2.05, 4.69) is 90.9 Å². The Kier molecular flexibility index (Phi) is 6.81. The number of phenolic OH excluding ortho intramolecular Hbond substituents is 1. The predicted octanol–water partition coefficient (Wildman–Crippen LogP) is 7.53. The Balaban J connectivity index is 1.66. The molecule has 2 atom stereocenters. The quantitative estimate of drug-likeness (QED) is 0.420. The zero-order valence-electron chi connectivity index (χ0n) is 22.2. The number of ether oxygens (including phenoxy) is 1. The summed E-state index contributed by atoms with van der Waals surface area (Å²) in [5.74, 6) is 1.20. The predicted molar refractivity (Wildman–Crippen MR) is 146 cm³/mol. The molecule has 3 aromatic rings. The zero-order valence-corrected chi connectivity index (χ0v) is 22.2. The summed E-state index contributed by atoms with van der Waals surface area (Å²) in [6, 6.07) is 22.9. The van der Waals surface area contributed by atoms with Gasteiger partial charge in [0.05, 0.1) is 6.04 Å². The van der Waals surface area contributed by atoms with Gasteiger partial charge in [-0.2, -0.15) is 0 Å². The molecule has 1 aliphatic rings. The Morgan fingerprint density at radius 1 is 0.886 bits per heavy atom. The molecule has 0 saturated heterocycles. The van der Waals surface area contributed by atoms with Crippen molar-refractivity contribution in [2.75, 3.05) is 6.61 Å². The van der Waals surface area contributed by atoms with E-state index >= 15 is 0 Å². The van der Waals surface area contributed by atoms with E-state index in [-0.39, 0.29) is 22.8 Å². The SMILES string of the molecule is CC(c1ccc(O)cc1Cc1ccccc1)C1COC(c2cc(C(C)(C)C)cc(C(C)(C)C)c2)=N1. The van der Waals surface area contributed by atoms with Crippen LogP contribution in [0, 0.1) is 0 Å². The number of phenols is 1. The molecular formula is C32H39NO2. The van der Waals surface area contributed by atoms with E-state index in [0.717, 1.165) is 23.4 Å². The number of hydrogen-bond acceptors (Lipinski definition) is 3. The van der Waals surface area contributed by atoms with Crippen molar-refractivity contribution < 1.29 is 9.84 Å². The maximum atomic E-state index is 10.2. The second-order valence-electron chi connectivity index (χ2n) is 11.9. The Morgan fingerprint density at radius 3 is 2.11 bits per heavy atom. The van der Waals surface area contributed by atoms with Gasteiger partial charge in [0.25, 0.3) is 0 Å². The van der Waals surface area contributed by atoms with Gasteiger partial charge in [0.15, 0.2) is 0 Å². The fourth-order valence-corrected chi connectivity index (χ4v) is 4.63. The monoisotopic (exact) mass is 469 g/mol. The number of rotatable bonds is 5. The maximum absolute atomic E-state index is 10.2. The third kappa shape index (κ3) is 5.78. The molecule has 184 valence electrons. The first-order valence-electron chi connectivity index (χ1n) is 12.6. The van der Waals surface area contributed by atoms with Gasteiger partial charge < -0.3 is 9.84 Å². The topological polar surface area (TPSA) is 41.8 Å². The van der Waals surface area contributed by atoms with Crippen molar-refractivity contribution in [3.63, 3.8) is 0 Å². The van der Waals surface area contributed by atoms with E-state index in [9.17, 15) is 5.11 Å². The molecule has 0 fully saturated rings. The van der Waals surface area contributed by atoms with Crippen LogP contribution in [0.1, 0.15) is 87.8 Å². The average molecular weight is 470 g/mol. The third-order valence-electron chi connectivity index (χ3n) is 7.02. The zero-order chi connectivity index (χ0) is 25.4. The number of nitrogens with zero attached hydrogens (tertiary/aromatic N) is 1. The summed E-state index contributed by atoms with van der Waals surface area (Å²) in [6.45, 7) is 16.3.